The fraction of sp³-hybridized carbons (Fsp3) is 0.545. The fourth-order valence-corrected chi connectivity index (χ4v) is 2.48. The van der Waals surface area contributed by atoms with Gasteiger partial charge in [0.25, 0.3) is 0 Å². The normalized spacial score (nSPS) is 34.9. The molecule has 0 aromatic heterocycles. The minimum atomic E-state index is 0.519. The molecule has 3 rings (SSSR count). The Labute approximate surface area is 83.6 Å². The van der Waals surface area contributed by atoms with Gasteiger partial charge in [-0.05, 0) is 24.6 Å². The van der Waals surface area contributed by atoms with E-state index in [1.807, 2.05) is 6.21 Å². The number of ether oxygens (including phenoxy) is 1. The zero-order chi connectivity index (χ0) is 9.38. The van der Waals surface area contributed by atoms with Crippen LogP contribution in [0.2, 0.25) is 0 Å². The van der Waals surface area contributed by atoms with E-state index in [-0.39, 0.29) is 0 Å². The minimum absolute atomic E-state index is 0.519. The molecule has 0 aromatic rings. The minimum Gasteiger partial charge on any atom is -0.488 e. The van der Waals surface area contributed by atoms with E-state index in [0.29, 0.717) is 18.6 Å². The van der Waals surface area contributed by atoms with Gasteiger partial charge in [0, 0.05) is 18.2 Å². The van der Waals surface area contributed by atoms with E-state index in [0.717, 1.165) is 18.8 Å². The molecule has 3 heteroatoms. The third-order valence-corrected chi connectivity index (χ3v) is 3.19. The second-order valence-electron chi connectivity index (χ2n) is 3.96. The van der Waals surface area contributed by atoms with E-state index in [4.69, 9.17) is 4.74 Å². The van der Waals surface area contributed by atoms with E-state index in [1.54, 1.807) is 0 Å². The van der Waals surface area contributed by atoms with Crippen LogP contribution in [0.15, 0.2) is 28.5 Å². The number of allylic oxidation sites excluding steroid dienone is 1. The maximum atomic E-state index is 5.63. The van der Waals surface area contributed by atoms with Crippen molar-refractivity contribution in [1.29, 1.82) is 0 Å². The van der Waals surface area contributed by atoms with E-state index < -0.39 is 0 Å². The Morgan fingerprint density at radius 3 is 3.50 bits per heavy atom. The van der Waals surface area contributed by atoms with Gasteiger partial charge in [-0.2, -0.15) is 0 Å². The molecule has 3 aliphatic rings. The van der Waals surface area contributed by atoms with Crippen LogP contribution in [0.1, 0.15) is 6.42 Å². The van der Waals surface area contributed by atoms with Crippen LogP contribution < -0.4 is 5.32 Å². The van der Waals surface area contributed by atoms with E-state index >= 15 is 0 Å². The molecule has 0 radical (unpaired) electrons. The van der Waals surface area contributed by atoms with Gasteiger partial charge in [-0.3, -0.25) is 4.99 Å². The first-order chi connectivity index (χ1) is 6.95. The lowest BCUT2D eigenvalue weighted by molar-refractivity contribution is 0.266. The Bertz CT molecular complexity index is 330. The molecule has 1 aliphatic carbocycles. The lowest BCUT2D eigenvalue weighted by Crippen LogP contribution is -2.29. The molecule has 0 aromatic carbocycles. The second kappa shape index (κ2) is 3.24. The number of rotatable bonds is 0. The first-order valence-corrected chi connectivity index (χ1v) is 5.21. The Hall–Kier alpha value is -1.09. The molecular formula is C11H14N2O. The number of nitrogens with zero attached hydrogens (tertiary/aromatic N) is 1. The molecule has 1 fully saturated rings. The van der Waals surface area contributed by atoms with Crippen molar-refractivity contribution in [2.45, 2.75) is 12.5 Å². The van der Waals surface area contributed by atoms with Crippen molar-refractivity contribution >= 4 is 6.21 Å². The Kier molecular flexibility index (Phi) is 1.91. The number of hydrogen-bond donors (Lipinski definition) is 1. The molecule has 2 heterocycles. The van der Waals surface area contributed by atoms with E-state index in [9.17, 15) is 0 Å². The van der Waals surface area contributed by atoms with Crippen molar-refractivity contribution in [3.05, 3.63) is 23.5 Å². The molecule has 3 nitrogen and oxygen atoms in total. The molecule has 0 saturated carbocycles. The van der Waals surface area contributed by atoms with Gasteiger partial charge >= 0.3 is 0 Å². The summed E-state index contributed by atoms with van der Waals surface area (Å²) in [5, 5.41) is 3.48. The highest BCUT2D eigenvalue weighted by atomic mass is 16.5. The molecule has 14 heavy (non-hydrogen) atoms. The van der Waals surface area contributed by atoms with Crippen molar-refractivity contribution in [3.8, 4) is 0 Å². The first-order valence-electron chi connectivity index (χ1n) is 5.21. The van der Waals surface area contributed by atoms with Crippen LogP contribution in [0, 0.1) is 5.92 Å². The SMILES string of the molecule is C1=C[C@@H]2NCCC2C2=C1OCC=NC2. The van der Waals surface area contributed by atoms with Gasteiger partial charge in [0.1, 0.15) is 12.4 Å². The summed E-state index contributed by atoms with van der Waals surface area (Å²) in [7, 11) is 0. The summed E-state index contributed by atoms with van der Waals surface area (Å²) in [6.45, 7) is 2.55. The zero-order valence-corrected chi connectivity index (χ0v) is 8.07. The van der Waals surface area contributed by atoms with Crippen LogP contribution in [0.5, 0.6) is 0 Å². The Balaban J connectivity index is 1.96. The van der Waals surface area contributed by atoms with Crippen molar-refractivity contribution in [2.75, 3.05) is 19.7 Å². The number of fused-ring (bicyclic) bond motifs is 2. The molecule has 1 unspecified atom stereocenters. The molecule has 2 aliphatic heterocycles. The van der Waals surface area contributed by atoms with Gasteiger partial charge in [-0.25, -0.2) is 0 Å². The van der Waals surface area contributed by atoms with Crippen molar-refractivity contribution in [1.82, 2.24) is 5.32 Å². The predicted molar refractivity (Wildman–Crippen MR) is 55.4 cm³/mol. The van der Waals surface area contributed by atoms with Crippen LogP contribution in [-0.4, -0.2) is 32.0 Å². The topological polar surface area (TPSA) is 33.6 Å². The smallest absolute Gasteiger partial charge is 0.123 e. The monoisotopic (exact) mass is 190 g/mol. The van der Waals surface area contributed by atoms with E-state index in [2.05, 4.69) is 22.5 Å². The maximum Gasteiger partial charge on any atom is 0.123 e. The summed E-state index contributed by atoms with van der Waals surface area (Å²) in [6, 6.07) is 0.519. The van der Waals surface area contributed by atoms with Crippen molar-refractivity contribution < 1.29 is 4.74 Å². The lowest BCUT2D eigenvalue weighted by Gasteiger charge is -2.24. The van der Waals surface area contributed by atoms with E-state index in [1.165, 1.54) is 12.0 Å². The molecular weight excluding hydrogens is 176 g/mol. The third-order valence-electron chi connectivity index (χ3n) is 3.19. The highest BCUT2D eigenvalue weighted by Gasteiger charge is 2.32. The van der Waals surface area contributed by atoms with Crippen LogP contribution in [0.25, 0.3) is 0 Å². The fourth-order valence-electron chi connectivity index (χ4n) is 2.48. The Morgan fingerprint density at radius 2 is 2.50 bits per heavy atom. The van der Waals surface area contributed by atoms with Gasteiger partial charge in [0.15, 0.2) is 0 Å². The molecule has 2 atom stereocenters. The summed E-state index contributed by atoms with van der Waals surface area (Å²) in [6.07, 6.45) is 7.40. The highest BCUT2D eigenvalue weighted by molar-refractivity contribution is 5.60. The van der Waals surface area contributed by atoms with Crippen LogP contribution >= 0.6 is 0 Å². The van der Waals surface area contributed by atoms with Crippen LogP contribution in [0.3, 0.4) is 0 Å². The third kappa shape index (κ3) is 1.20. The van der Waals surface area contributed by atoms with Crippen LogP contribution in [-0.2, 0) is 4.74 Å². The van der Waals surface area contributed by atoms with Crippen molar-refractivity contribution in [3.63, 3.8) is 0 Å². The standard InChI is InChI=1S/C11H14N2O/c1-2-11-9(7-12-5-6-14-11)8-3-4-13-10(1)8/h1-2,5,8,10,13H,3-4,6-7H2/t8?,10-/m0/s1. The summed E-state index contributed by atoms with van der Waals surface area (Å²) in [4.78, 5) is 4.35. The molecule has 74 valence electrons. The average Bonchev–Trinajstić information content (AvgIpc) is 2.55. The number of nitrogens with one attached hydrogen (secondary N) is 1. The van der Waals surface area contributed by atoms with Crippen molar-refractivity contribution in [2.24, 2.45) is 10.9 Å². The molecule has 0 spiro atoms. The zero-order valence-electron chi connectivity index (χ0n) is 8.07. The number of aliphatic imine (C=N–C) groups is 1. The van der Waals surface area contributed by atoms with Gasteiger partial charge in [0.05, 0.1) is 6.54 Å². The lowest BCUT2D eigenvalue weighted by atomic mass is 9.87. The highest BCUT2D eigenvalue weighted by Crippen LogP contribution is 2.32. The first kappa shape index (κ1) is 8.24. The molecule has 0 bridgehead atoms. The average molecular weight is 190 g/mol. The van der Waals surface area contributed by atoms with Crippen LogP contribution in [0.4, 0.5) is 0 Å². The quantitative estimate of drug-likeness (QED) is 0.615. The summed E-state index contributed by atoms with van der Waals surface area (Å²) in [5.74, 6) is 1.68. The van der Waals surface area contributed by atoms with Gasteiger partial charge < -0.3 is 10.1 Å². The maximum absolute atomic E-state index is 5.63. The largest absolute Gasteiger partial charge is 0.488 e. The van der Waals surface area contributed by atoms with Gasteiger partial charge in [0.2, 0.25) is 0 Å². The van der Waals surface area contributed by atoms with Gasteiger partial charge in [-0.1, -0.05) is 6.08 Å². The Morgan fingerprint density at radius 1 is 1.50 bits per heavy atom. The summed E-state index contributed by atoms with van der Waals surface area (Å²) < 4.78 is 5.63. The predicted octanol–water partition coefficient (Wildman–Crippen LogP) is 0.889. The molecule has 1 N–H and O–H groups in total. The summed E-state index contributed by atoms with van der Waals surface area (Å²) in [5.41, 5.74) is 1.39. The van der Waals surface area contributed by atoms with Gasteiger partial charge in [-0.15, -0.1) is 0 Å². The second-order valence-corrected chi connectivity index (χ2v) is 3.96. The molecule has 1 saturated heterocycles. The summed E-state index contributed by atoms with van der Waals surface area (Å²) >= 11 is 0. The molecule has 0 amide bonds. The number of hydrogen-bond acceptors (Lipinski definition) is 3.